The van der Waals surface area contributed by atoms with Crippen LogP contribution in [0.5, 0.6) is 11.5 Å². The van der Waals surface area contributed by atoms with Crippen molar-refractivity contribution >= 4 is 11.6 Å². The highest BCUT2D eigenvalue weighted by Gasteiger charge is 2.24. The van der Waals surface area contributed by atoms with Crippen molar-refractivity contribution in [1.82, 2.24) is 0 Å². The Kier molecular flexibility index (Phi) is 5.37. The average molecular weight is 363 g/mol. The van der Waals surface area contributed by atoms with E-state index in [1.807, 2.05) is 12.1 Å². The predicted octanol–water partition coefficient (Wildman–Crippen LogP) is 1.56. The molecule has 0 radical (unpaired) electrons. The maximum Gasteiger partial charge on any atom is 0.279 e. The highest BCUT2D eigenvalue weighted by atomic mass is 19.1. The molecule has 1 amide bonds. The lowest BCUT2D eigenvalue weighted by molar-refractivity contribution is -0.907. The molecule has 1 atom stereocenters. The number of methoxy groups -OCH3 is 2. The second-order valence-electron chi connectivity index (χ2n) is 6.22. The number of ether oxygens (including phenoxy) is 2. The minimum absolute atomic E-state index is 0.127. The van der Waals surface area contributed by atoms with E-state index in [9.17, 15) is 13.6 Å². The number of para-hydroxylation sites is 1. The smallest absolute Gasteiger partial charge is 0.279 e. The fourth-order valence-electron chi connectivity index (χ4n) is 3.21. The first-order chi connectivity index (χ1) is 12.5. The number of carbonyl (C=O) groups is 1. The maximum atomic E-state index is 13.7. The molecule has 0 spiro atoms. The molecule has 0 fully saturated rings. The molecule has 2 aromatic carbocycles. The highest BCUT2D eigenvalue weighted by Crippen LogP contribution is 2.31. The number of carbonyl (C=O) groups excluding carboxylic acids is 1. The molecular formula is C19H21F2N2O3+. The summed E-state index contributed by atoms with van der Waals surface area (Å²) >= 11 is 0. The lowest BCUT2D eigenvalue weighted by atomic mass is 9.99. The van der Waals surface area contributed by atoms with Crippen LogP contribution in [0.2, 0.25) is 0 Å². The van der Waals surface area contributed by atoms with E-state index in [1.165, 1.54) is 6.07 Å². The Bertz CT molecular complexity index is 806. The number of hydrogen-bond acceptors (Lipinski definition) is 3. The zero-order valence-electron chi connectivity index (χ0n) is 14.7. The molecular weight excluding hydrogens is 342 g/mol. The molecule has 2 aromatic rings. The van der Waals surface area contributed by atoms with Gasteiger partial charge in [-0.3, -0.25) is 4.79 Å². The third-order valence-electron chi connectivity index (χ3n) is 4.53. The second kappa shape index (κ2) is 7.70. The number of quaternary nitrogens is 1. The van der Waals surface area contributed by atoms with Gasteiger partial charge in [-0.15, -0.1) is 0 Å². The number of fused-ring (bicyclic) bond motifs is 1. The minimum Gasteiger partial charge on any atom is -0.493 e. The van der Waals surface area contributed by atoms with Gasteiger partial charge in [0.15, 0.2) is 18.0 Å². The van der Waals surface area contributed by atoms with Gasteiger partial charge >= 0.3 is 0 Å². The summed E-state index contributed by atoms with van der Waals surface area (Å²) in [5.41, 5.74) is 1.83. The number of amides is 1. The Morgan fingerprint density at radius 3 is 2.35 bits per heavy atom. The summed E-state index contributed by atoms with van der Waals surface area (Å²) in [4.78, 5) is 13.2. The third kappa shape index (κ3) is 3.77. The van der Waals surface area contributed by atoms with Crippen LogP contribution in [0.15, 0.2) is 30.3 Å². The van der Waals surface area contributed by atoms with Crippen LogP contribution in [0.3, 0.4) is 0 Å². The number of rotatable bonds is 5. The summed E-state index contributed by atoms with van der Waals surface area (Å²) in [7, 11) is 3.17. The summed E-state index contributed by atoms with van der Waals surface area (Å²) in [6, 6.07) is 7.36. The summed E-state index contributed by atoms with van der Waals surface area (Å²) in [5.74, 6) is -0.663. The minimum atomic E-state index is -0.783. The van der Waals surface area contributed by atoms with Crippen molar-refractivity contribution in [1.29, 1.82) is 0 Å². The van der Waals surface area contributed by atoms with Crippen LogP contribution in [0.4, 0.5) is 14.5 Å². The van der Waals surface area contributed by atoms with Gasteiger partial charge < -0.3 is 19.7 Å². The maximum absolute atomic E-state index is 13.7. The van der Waals surface area contributed by atoms with Crippen molar-refractivity contribution in [3.8, 4) is 11.5 Å². The van der Waals surface area contributed by atoms with Crippen molar-refractivity contribution in [2.24, 2.45) is 0 Å². The third-order valence-corrected chi connectivity index (χ3v) is 4.53. The molecule has 1 aliphatic heterocycles. The Labute approximate surface area is 150 Å². The Hall–Kier alpha value is -2.67. The van der Waals surface area contributed by atoms with Crippen LogP contribution in [0, 0.1) is 11.6 Å². The zero-order chi connectivity index (χ0) is 18.7. The van der Waals surface area contributed by atoms with Crippen molar-refractivity contribution in [2.45, 2.75) is 13.0 Å². The number of benzene rings is 2. The van der Waals surface area contributed by atoms with Gasteiger partial charge in [0, 0.05) is 12.0 Å². The lowest BCUT2D eigenvalue weighted by Crippen LogP contribution is -3.12. The average Bonchev–Trinajstić information content (AvgIpc) is 2.63. The predicted molar refractivity (Wildman–Crippen MR) is 92.6 cm³/mol. The number of nitrogens with one attached hydrogen (secondary N) is 2. The highest BCUT2D eigenvalue weighted by molar-refractivity contribution is 5.91. The lowest BCUT2D eigenvalue weighted by Gasteiger charge is -2.26. The van der Waals surface area contributed by atoms with Gasteiger partial charge in [0.2, 0.25) is 0 Å². The zero-order valence-corrected chi connectivity index (χ0v) is 14.7. The molecule has 1 heterocycles. The van der Waals surface area contributed by atoms with E-state index in [2.05, 4.69) is 5.32 Å². The molecule has 0 aliphatic carbocycles. The molecule has 26 heavy (non-hydrogen) atoms. The van der Waals surface area contributed by atoms with Crippen molar-refractivity contribution in [3.05, 3.63) is 53.1 Å². The summed E-state index contributed by atoms with van der Waals surface area (Å²) in [6.45, 7) is 1.50. The molecule has 2 N–H and O–H groups in total. The molecule has 0 aromatic heterocycles. The summed E-state index contributed by atoms with van der Waals surface area (Å²) < 4.78 is 38.0. The fourth-order valence-corrected chi connectivity index (χ4v) is 3.21. The molecule has 1 unspecified atom stereocenters. The van der Waals surface area contributed by atoms with E-state index in [0.29, 0.717) is 18.0 Å². The first-order valence-corrected chi connectivity index (χ1v) is 8.33. The topological polar surface area (TPSA) is 52.0 Å². The first kappa shape index (κ1) is 18.1. The van der Waals surface area contributed by atoms with Crippen LogP contribution >= 0.6 is 0 Å². The molecule has 138 valence electrons. The van der Waals surface area contributed by atoms with Crippen LogP contribution in [0.25, 0.3) is 0 Å². The number of anilines is 1. The van der Waals surface area contributed by atoms with Gasteiger partial charge in [-0.05, 0) is 29.8 Å². The monoisotopic (exact) mass is 363 g/mol. The van der Waals surface area contributed by atoms with E-state index in [1.54, 1.807) is 14.2 Å². The fraction of sp³-hybridized carbons (Fsp3) is 0.316. The Morgan fingerprint density at radius 1 is 1.12 bits per heavy atom. The summed E-state index contributed by atoms with van der Waals surface area (Å²) in [6.07, 6.45) is 0.784. The first-order valence-electron chi connectivity index (χ1n) is 8.33. The normalized spacial score (nSPS) is 15.9. The SMILES string of the molecule is COc1cc2c(cc1OC)C[NH+](CC(=O)Nc1c(F)cccc1F)CC2. The van der Waals surface area contributed by atoms with E-state index in [4.69, 9.17) is 9.47 Å². The van der Waals surface area contributed by atoms with Gasteiger partial charge in [0.05, 0.1) is 20.8 Å². The summed E-state index contributed by atoms with van der Waals surface area (Å²) in [5, 5.41) is 2.34. The molecule has 1 aliphatic rings. The van der Waals surface area contributed by atoms with Crippen molar-refractivity contribution in [3.63, 3.8) is 0 Å². The van der Waals surface area contributed by atoms with Gasteiger partial charge in [0.1, 0.15) is 23.9 Å². The molecule has 5 nitrogen and oxygen atoms in total. The van der Waals surface area contributed by atoms with Crippen LogP contribution in [-0.4, -0.2) is 33.2 Å². The molecule has 7 heteroatoms. The van der Waals surface area contributed by atoms with Gasteiger partial charge in [-0.1, -0.05) is 6.07 Å². The largest absolute Gasteiger partial charge is 0.493 e. The molecule has 0 saturated carbocycles. The quantitative estimate of drug-likeness (QED) is 0.848. The van der Waals surface area contributed by atoms with Crippen LogP contribution in [0.1, 0.15) is 11.1 Å². The van der Waals surface area contributed by atoms with E-state index < -0.39 is 23.2 Å². The van der Waals surface area contributed by atoms with Gasteiger partial charge in [-0.2, -0.15) is 0 Å². The number of hydrogen-bond donors (Lipinski definition) is 2. The number of halogens is 2. The standard InChI is InChI=1S/C19H20F2N2O3/c1-25-16-8-12-6-7-23(10-13(12)9-17(16)26-2)11-18(24)22-19-14(20)4-3-5-15(19)21/h3-5,8-9H,6-7,10-11H2,1-2H3,(H,22,24)/p+1. The van der Waals surface area contributed by atoms with E-state index >= 15 is 0 Å². The Morgan fingerprint density at radius 2 is 1.73 bits per heavy atom. The molecule has 0 bridgehead atoms. The molecule has 3 rings (SSSR count). The molecule has 0 saturated heterocycles. The van der Waals surface area contributed by atoms with Crippen molar-refractivity contribution < 1.29 is 27.9 Å². The second-order valence-corrected chi connectivity index (χ2v) is 6.22. The van der Waals surface area contributed by atoms with Crippen LogP contribution in [-0.2, 0) is 17.8 Å². The van der Waals surface area contributed by atoms with Gasteiger partial charge in [-0.25, -0.2) is 8.78 Å². The van der Waals surface area contributed by atoms with E-state index in [-0.39, 0.29) is 6.54 Å². The van der Waals surface area contributed by atoms with E-state index in [0.717, 1.165) is 41.1 Å². The van der Waals surface area contributed by atoms with Crippen LogP contribution < -0.4 is 19.7 Å². The van der Waals surface area contributed by atoms with Crippen molar-refractivity contribution in [2.75, 3.05) is 32.6 Å². The Balaban J connectivity index is 1.68. The van der Waals surface area contributed by atoms with Gasteiger partial charge in [0.25, 0.3) is 5.91 Å².